The lowest BCUT2D eigenvalue weighted by atomic mass is 10.0. The van der Waals surface area contributed by atoms with E-state index in [4.69, 9.17) is 95.5 Å². The van der Waals surface area contributed by atoms with Crippen molar-refractivity contribution in [3.8, 4) is 34.5 Å². The van der Waals surface area contributed by atoms with Crippen molar-refractivity contribution in [3.63, 3.8) is 0 Å². The summed E-state index contributed by atoms with van der Waals surface area (Å²) >= 11 is 10.7. The highest BCUT2D eigenvalue weighted by atomic mass is 79.9. The van der Waals surface area contributed by atoms with Crippen LogP contribution in [0.1, 0.15) is 149 Å². The number of nitrogens with two attached hydrogens (primary N) is 1. The summed E-state index contributed by atoms with van der Waals surface area (Å²) in [5, 5.41) is 26.1. The molecule has 117 heavy (non-hydrogen) atoms. The summed E-state index contributed by atoms with van der Waals surface area (Å²) in [5.41, 5.74) is 12.6. The van der Waals surface area contributed by atoms with Crippen LogP contribution in [0.25, 0.3) is 0 Å². The van der Waals surface area contributed by atoms with Gasteiger partial charge in [-0.1, -0.05) is 172 Å². The van der Waals surface area contributed by atoms with Gasteiger partial charge in [0.25, 0.3) is 0 Å². The number of ether oxygens (including phenoxy) is 7. The highest BCUT2D eigenvalue weighted by Gasteiger charge is 2.37. The number of ketones is 1. The predicted molar refractivity (Wildman–Crippen MR) is 468 cm³/mol. The number of hydrogen-bond donors (Lipinski definition) is 4. The molecule has 0 aliphatic carbocycles. The number of aliphatic hydroxyl groups excluding tert-OH is 2. The predicted octanol–water partition coefficient (Wildman–Crippen LogP) is 17.7. The number of Topliss-reactive ketones (excluding diaryl/α,β-unsaturated/α-hetero) is 1. The second-order valence-corrected chi connectivity index (χ2v) is 39.6. The first-order valence-electron chi connectivity index (χ1n) is 38.7. The first kappa shape index (κ1) is 101. The van der Waals surface area contributed by atoms with Gasteiger partial charge in [0, 0.05) is 64.9 Å². The Morgan fingerprint density at radius 3 is 1.22 bits per heavy atom. The van der Waals surface area contributed by atoms with Crippen LogP contribution in [-0.2, 0) is 87.9 Å². The minimum atomic E-state index is -2.13. The molecule has 0 atom stereocenters. The summed E-state index contributed by atoms with van der Waals surface area (Å²) < 4.78 is 62.9. The van der Waals surface area contributed by atoms with Gasteiger partial charge in [-0.05, 0) is 248 Å². The standard InChI is InChI=1S/C22H21OP.C19H23BrO3.C18H22BrNO4.C10H24O2Si.C9H10BrNO2.C9H14O2.3CO2.H/c1-18(23)19(2)24(20-12-6-3-7-13-20,21-14-8-4-9-15-21)22-16-10-5-11-17-22;1-13-9-16(23-14(13)2)8-6-4-3-5-7-15-10-18-19(11-17(15)20)22-12-21-18;1-12-7-14(24-18(12)10-21)3-2-5-20-6-4-13-8-16-17(9-15(13)19)23-11-22-16;1-10(2,3)13(5,6)12-9-7-8-11-4;10-7-4-9-8(12-5-13-9)3-6(7)1-2-11;1-7-6-9(4-3-5-10)11-8(7)2;3*2-1-3;/h3-17H,1-2H3;9-11H,3-8,12H2,1-2H3;7-9,20-21H,2-6,10-11H2,1H3;7-9H2,1-6H3;3-4H,1-2,5,11H2;6,10H,3-5H2,1-2H3;;;;/q;;;;;;;;;-1. The van der Waals surface area contributed by atoms with Gasteiger partial charge in [-0.3, -0.25) is 4.79 Å². The average Bonchev–Trinajstić information content (AvgIpc) is 1.28. The third kappa shape index (κ3) is 33.7. The summed E-state index contributed by atoms with van der Waals surface area (Å²) in [7, 11) is 0.218. The molecule has 0 unspecified atom stereocenters. The molecule has 3 aliphatic rings. The maximum atomic E-state index is 12.5. The lowest BCUT2D eigenvalue weighted by molar-refractivity contribution is -0.193. The number of unbranched alkanes of at least 4 members (excludes halogenated alkanes) is 3. The van der Waals surface area contributed by atoms with Crippen LogP contribution in [-0.4, -0.2) is 115 Å². The summed E-state index contributed by atoms with van der Waals surface area (Å²) in [6, 6.07) is 49.6. The van der Waals surface area contributed by atoms with Crippen molar-refractivity contribution in [2.24, 2.45) is 5.73 Å². The second kappa shape index (κ2) is 54.5. The quantitative estimate of drug-likeness (QED) is 0.0192. The van der Waals surface area contributed by atoms with Gasteiger partial charge >= 0.3 is 18.5 Å². The highest BCUT2D eigenvalue weighted by molar-refractivity contribution is 9.11. The van der Waals surface area contributed by atoms with Crippen molar-refractivity contribution >= 4 is 108 Å². The van der Waals surface area contributed by atoms with Crippen molar-refractivity contribution in [1.29, 1.82) is 0 Å². The normalized spacial score (nSPS) is 11.6. The highest BCUT2D eigenvalue weighted by Crippen LogP contribution is 2.47. The van der Waals surface area contributed by atoms with Crippen molar-refractivity contribution in [2.75, 3.05) is 66.9 Å². The molecule has 0 saturated carbocycles. The van der Waals surface area contributed by atoms with E-state index in [0.717, 1.165) is 177 Å². The Kier molecular flexibility index (Phi) is 47.0. The van der Waals surface area contributed by atoms with Crippen molar-refractivity contribution in [2.45, 2.75) is 177 Å². The molecule has 22 nitrogen and oxygen atoms in total. The number of benzene rings is 6. The molecule has 6 heterocycles. The maximum absolute atomic E-state index is 12.5. The zero-order valence-corrected chi connectivity index (χ0v) is 76.2. The van der Waals surface area contributed by atoms with E-state index in [9.17, 15) is 4.79 Å². The van der Waals surface area contributed by atoms with Gasteiger partial charge < -0.3 is 73.5 Å². The van der Waals surface area contributed by atoms with Gasteiger partial charge in [0.15, 0.2) is 48.6 Å². The number of carbonyl (C=O) groups is 1. The molecule has 0 fully saturated rings. The lowest BCUT2D eigenvalue weighted by Crippen LogP contribution is -2.41. The molecule has 0 bridgehead atoms. The Hall–Kier alpha value is -8.51. The number of rotatable bonds is 29. The van der Waals surface area contributed by atoms with E-state index in [1.54, 1.807) is 14.0 Å². The smallest absolute Gasteiger partial charge is 0.373 e. The van der Waals surface area contributed by atoms with E-state index in [0.29, 0.717) is 37.7 Å². The van der Waals surface area contributed by atoms with Crippen molar-refractivity contribution < 1.29 is 96.0 Å². The van der Waals surface area contributed by atoms with Crippen molar-refractivity contribution in [3.05, 3.63) is 227 Å². The molecule has 9 aromatic rings. The van der Waals surface area contributed by atoms with Crippen LogP contribution in [0.15, 0.2) is 172 Å². The zero-order chi connectivity index (χ0) is 86.4. The molecule has 0 amide bonds. The number of methoxy groups -OCH3 is 1. The Morgan fingerprint density at radius 2 is 0.863 bits per heavy atom. The van der Waals surface area contributed by atoms with Gasteiger partial charge in [0.05, 0.1) is 0 Å². The molecule has 6 aromatic carbocycles. The average molecular weight is 1840 g/mol. The molecule has 0 saturated heterocycles. The summed E-state index contributed by atoms with van der Waals surface area (Å²) in [5.74, 6) is 10.8. The van der Waals surface area contributed by atoms with Crippen LogP contribution in [0.5, 0.6) is 34.5 Å². The van der Waals surface area contributed by atoms with Crippen LogP contribution < -0.4 is 55.4 Å². The van der Waals surface area contributed by atoms with E-state index >= 15 is 0 Å². The van der Waals surface area contributed by atoms with E-state index in [1.807, 2.05) is 95.3 Å². The largest absolute Gasteiger partial charge is 1.00 e. The van der Waals surface area contributed by atoms with Crippen LogP contribution >= 0.6 is 54.7 Å². The Bertz CT molecular complexity index is 4440. The van der Waals surface area contributed by atoms with Gasteiger partial charge in [0.2, 0.25) is 20.4 Å². The van der Waals surface area contributed by atoms with Crippen molar-refractivity contribution in [1.82, 2.24) is 5.32 Å². The van der Waals surface area contributed by atoms with Crippen LogP contribution in [0.3, 0.4) is 0 Å². The third-order valence-electron chi connectivity index (χ3n) is 19.4. The SMILES string of the molecule is CC(=O)C(C)=P(c1ccccc1)(c1ccccc1)c1ccccc1.COCCCO[Si](C)(C)C(C)(C)C.Cc1cc(CCCCCCc2cc3c(cc2Br)OCO3)oc1C.Cc1cc(CCCNCCc2cc3c(cc2Br)OCO3)oc1CO.Cc1cc(CCCO)oc1C.NCCc1cc2c(cc1Br)OCO2.O=C=O.O=C=O.O=C=O.[H-]. The van der Waals surface area contributed by atoms with Crippen LogP contribution in [0.4, 0.5) is 0 Å². The van der Waals surface area contributed by atoms with E-state index in [2.05, 4.69) is 179 Å². The molecule has 5 N–H and O–H groups in total. The minimum Gasteiger partial charge on any atom is -1.00 e. The fraction of sp³-hybridized carbons (Fsp3) is 0.411. The first-order valence-corrected chi connectivity index (χ1v) is 45.7. The Balaban J connectivity index is 0.000000366. The number of halogens is 3. The molecule has 0 radical (unpaired) electrons. The molecular weight excluding hydrogens is 1730 g/mol. The number of fused-ring (bicyclic) bond motifs is 3. The topological polar surface area (TPSA) is 311 Å². The second-order valence-electron chi connectivity index (χ2n) is 28.7. The Morgan fingerprint density at radius 1 is 0.496 bits per heavy atom. The number of furan rings is 3. The molecule has 27 heteroatoms. The molecular formula is C90H115Br3N2O20PSi-. The number of carbonyl (C=O) groups excluding carboxylic acids is 7. The fourth-order valence-electron chi connectivity index (χ4n) is 11.9. The van der Waals surface area contributed by atoms with E-state index in [1.165, 1.54) is 63.9 Å². The molecule has 3 aliphatic heterocycles. The maximum Gasteiger partial charge on any atom is 0.373 e. The number of aryl methyl sites for hydroxylation is 9. The molecule has 0 spiro atoms. The number of hydrogen-bond acceptors (Lipinski definition) is 22. The number of nitrogens with one attached hydrogen (secondary N) is 1. The van der Waals surface area contributed by atoms with E-state index < -0.39 is 15.2 Å². The van der Waals surface area contributed by atoms with Gasteiger partial charge in [0.1, 0.15) is 41.2 Å². The molecule has 636 valence electrons. The first-order chi connectivity index (χ1) is 56.1. The zero-order valence-electron chi connectivity index (χ0n) is 70.5. The van der Waals surface area contributed by atoms with E-state index in [-0.39, 0.29) is 38.9 Å². The summed E-state index contributed by atoms with van der Waals surface area (Å²) in [6.45, 7) is 28.2. The third-order valence-corrected chi connectivity index (χ3v) is 30.7. The fourth-order valence-corrected chi connectivity index (χ4v) is 19.0. The Labute approximate surface area is 716 Å². The van der Waals surface area contributed by atoms with Crippen LogP contribution in [0.2, 0.25) is 18.1 Å². The monoisotopic (exact) mass is 1840 g/mol. The lowest BCUT2D eigenvalue weighted by Gasteiger charge is -2.36. The van der Waals surface area contributed by atoms with Gasteiger partial charge in [-0.2, -0.15) is 28.8 Å². The minimum absolute atomic E-state index is 0. The number of aliphatic hydroxyl groups is 2. The molecule has 3 aromatic heterocycles. The van der Waals surface area contributed by atoms with Crippen LogP contribution in [0, 0.1) is 34.6 Å². The van der Waals surface area contributed by atoms with Gasteiger partial charge in [-0.25, -0.2) is 0 Å². The summed E-state index contributed by atoms with van der Waals surface area (Å²) in [4.78, 5) is 61.3. The van der Waals surface area contributed by atoms with Gasteiger partial charge in [-0.15, -0.1) is 0 Å². The summed E-state index contributed by atoms with van der Waals surface area (Å²) in [6.07, 6.45) is 14.0. The molecule has 12 rings (SSSR count).